The van der Waals surface area contributed by atoms with Crippen LogP contribution in [0.3, 0.4) is 0 Å². The van der Waals surface area contributed by atoms with Crippen LogP contribution in [-0.4, -0.2) is 19.1 Å². The van der Waals surface area contributed by atoms with Crippen LogP contribution in [-0.2, 0) is 0 Å². The van der Waals surface area contributed by atoms with E-state index >= 15 is 0 Å². The van der Waals surface area contributed by atoms with E-state index in [1.165, 1.54) is 27.1 Å². The van der Waals surface area contributed by atoms with Crippen molar-refractivity contribution in [3.05, 3.63) is 413 Å². The minimum absolute atomic E-state index is 0.533. The molecule has 562 valence electrons. The van der Waals surface area contributed by atoms with Crippen molar-refractivity contribution in [3.8, 4) is 89.9 Å². The van der Waals surface area contributed by atoms with E-state index < -0.39 is 0 Å². The van der Waals surface area contributed by atoms with E-state index in [1.807, 2.05) is 24.3 Å². The van der Waals surface area contributed by atoms with Gasteiger partial charge in [-0.2, -0.15) is 0 Å². The maximum atomic E-state index is 6.69. The summed E-state index contributed by atoms with van der Waals surface area (Å²) in [5.41, 5.74) is 31.7. The van der Waals surface area contributed by atoms with Crippen LogP contribution in [0.4, 0.5) is 34.1 Å². The van der Waals surface area contributed by atoms with Crippen LogP contribution in [0.5, 0.6) is 0 Å². The number of para-hydroxylation sites is 6. The van der Waals surface area contributed by atoms with Gasteiger partial charge in [-0.15, -0.1) is 0 Å². The molecule has 0 aliphatic rings. The minimum atomic E-state index is 0.533. The standard InChI is InChI=1S/C110H68N6O4/c1-5-22-73(23-6-1)84-30-13-17-34-91(84)113(83-58-61-95-90(68-83)86-32-15-19-36-93(86)114(95)79-26-9-3-10-27-79)81-54-48-71(49-55-81)77-52-59-88-102(66-77)117-98-62-64-100-107(105(88)98)111-109(119-100)75-44-40-69(41-45-75)70-42-46-76(47-43-70)110-112-108-101(120-110)65-63-99-106(108)89-60-53-78(67-103(89)118-99)72-50-56-82(57-51-72)116(92-35-18-14-31-85(92)74-24-7-2-8-25-74)97-39-21-38-96-104(97)87-33-16-20-37-94(87)115(96)80-28-11-4-12-29-80/h1-68H. The molecule has 0 bridgehead atoms. The van der Waals surface area contributed by atoms with Crippen molar-refractivity contribution >= 4 is 144 Å². The Balaban J connectivity index is 0.493. The number of fused-ring (bicyclic) bond motifs is 16. The Bertz CT molecular complexity index is 8120. The molecule has 0 aliphatic heterocycles. The third-order valence-corrected chi connectivity index (χ3v) is 23.8. The molecule has 0 saturated heterocycles. The lowest BCUT2D eigenvalue weighted by Crippen LogP contribution is -2.11. The summed E-state index contributed by atoms with van der Waals surface area (Å²) < 4.78 is 31.2. The van der Waals surface area contributed by atoms with Gasteiger partial charge in [-0.05, 0) is 220 Å². The Labute approximate surface area is 688 Å². The largest absolute Gasteiger partial charge is 0.456 e. The van der Waals surface area contributed by atoms with Crippen LogP contribution < -0.4 is 9.80 Å². The van der Waals surface area contributed by atoms with Crippen molar-refractivity contribution in [2.45, 2.75) is 0 Å². The molecule has 10 nitrogen and oxygen atoms in total. The molecule has 18 aromatic carbocycles. The Kier molecular flexibility index (Phi) is 15.7. The number of furan rings is 2. The van der Waals surface area contributed by atoms with Gasteiger partial charge in [-0.1, -0.05) is 237 Å². The first-order valence-corrected chi connectivity index (χ1v) is 40.5. The lowest BCUT2D eigenvalue weighted by atomic mass is 10.00. The zero-order chi connectivity index (χ0) is 78.9. The average molecular weight is 1540 g/mol. The summed E-state index contributed by atoms with van der Waals surface area (Å²) in [6.07, 6.45) is 0. The highest BCUT2D eigenvalue weighted by atomic mass is 16.4. The first kappa shape index (κ1) is 68.1. The monoisotopic (exact) mass is 1540 g/mol. The number of rotatable bonds is 15. The van der Waals surface area contributed by atoms with E-state index in [2.05, 4.69) is 407 Å². The molecule has 0 spiro atoms. The van der Waals surface area contributed by atoms with Crippen LogP contribution in [0, 0.1) is 0 Å². The van der Waals surface area contributed by atoms with Gasteiger partial charge in [0.05, 0.1) is 49.9 Å². The molecule has 24 rings (SSSR count). The predicted molar refractivity (Wildman–Crippen MR) is 492 cm³/mol. The highest BCUT2D eigenvalue weighted by molar-refractivity contribution is 6.20. The molecule has 24 aromatic rings. The third kappa shape index (κ3) is 11.3. The summed E-state index contributed by atoms with van der Waals surface area (Å²) in [5.74, 6) is 1.07. The molecule has 6 aromatic heterocycles. The summed E-state index contributed by atoms with van der Waals surface area (Å²) in [6.45, 7) is 0. The molecule has 0 saturated carbocycles. The lowest BCUT2D eigenvalue weighted by Gasteiger charge is -2.29. The number of benzene rings is 18. The van der Waals surface area contributed by atoms with E-state index in [-0.39, 0.29) is 0 Å². The van der Waals surface area contributed by atoms with Gasteiger partial charge in [0.15, 0.2) is 11.2 Å². The maximum absolute atomic E-state index is 6.69. The zero-order valence-electron chi connectivity index (χ0n) is 64.6. The van der Waals surface area contributed by atoms with Crippen molar-refractivity contribution in [2.24, 2.45) is 0 Å². The molecular formula is C110H68N6O4. The van der Waals surface area contributed by atoms with Crippen LogP contribution in [0.1, 0.15) is 0 Å². The topological polar surface area (TPSA) is 94.7 Å². The second-order valence-corrected chi connectivity index (χ2v) is 30.7. The third-order valence-electron chi connectivity index (χ3n) is 23.8. The van der Waals surface area contributed by atoms with Crippen LogP contribution in [0.25, 0.3) is 200 Å². The van der Waals surface area contributed by atoms with Gasteiger partial charge in [0.1, 0.15) is 33.4 Å². The minimum Gasteiger partial charge on any atom is -0.456 e. The van der Waals surface area contributed by atoms with Crippen molar-refractivity contribution in [3.63, 3.8) is 0 Å². The van der Waals surface area contributed by atoms with Crippen molar-refractivity contribution < 1.29 is 17.7 Å². The Morgan fingerprint density at radius 2 is 0.575 bits per heavy atom. The van der Waals surface area contributed by atoms with Crippen molar-refractivity contribution in [2.75, 3.05) is 9.80 Å². The summed E-state index contributed by atoms with van der Waals surface area (Å²) in [4.78, 5) is 15.2. The van der Waals surface area contributed by atoms with Gasteiger partial charge in [-0.25, -0.2) is 9.97 Å². The van der Waals surface area contributed by atoms with Crippen LogP contribution in [0.15, 0.2) is 430 Å². The van der Waals surface area contributed by atoms with E-state index in [1.54, 1.807) is 0 Å². The van der Waals surface area contributed by atoms with Gasteiger partial charge in [0, 0.05) is 83.0 Å². The van der Waals surface area contributed by atoms with E-state index in [0.717, 1.165) is 184 Å². The normalized spacial score (nSPS) is 11.8. The molecule has 6 heterocycles. The SMILES string of the molecule is c1ccc(-c2ccccc2N(c2ccc(-c3ccc4c(c3)oc3ccc5oc(-c6ccc(-c7ccc(-c8nc9c(ccc%10oc%11cc(-c%12ccc(N(c%13ccccc%13-c%13ccccc%13)c%13cccc%14c%13c%13ccccc%13n%14-c%13ccccc%13)cc%12)ccc%11c%109)o8)cc7)cc6)nc5c34)cc2)c2ccc3c(c2)c2ccccc2n3-c2ccccc2)cc1. The molecule has 10 heteroatoms. The molecule has 0 atom stereocenters. The second-order valence-electron chi connectivity index (χ2n) is 30.7. The average Bonchev–Trinajstić information content (AvgIpc) is 1.58. The number of nitrogens with zero attached hydrogens (tertiary/aromatic N) is 6. The molecule has 120 heavy (non-hydrogen) atoms. The number of oxazole rings is 2. The molecule has 0 fully saturated rings. The molecule has 0 amide bonds. The fourth-order valence-electron chi connectivity index (χ4n) is 18.2. The summed E-state index contributed by atoms with van der Waals surface area (Å²) >= 11 is 0. The summed E-state index contributed by atoms with van der Waals surface area (Å²) in [7, 11) is 0. The number of anilines is 6. The molecule has 0 unspecified atom stereocenters. The van der Waals surface area contributed by atoms with Gasteiger partial charge in [0.2, 0.25) is 11.8 Å². The molecular weight excluding hydrogens is 1470 g/mol. The first-order chi connectivity index (χ1) is 59.5. The highest BCUT2D eigenvalue weighted by Gasteiger charge is 2.27. The van der Waals surface area contributed by atoms with Gasteiger partial charge >= 0.3 is 0 Å². The molecule has 0 N–H and O–H groups in total. The van der Waals surface area contributed by atoms with Crippen LogP contribution >= 0.6 is 0 Å². The molecule has 0 aliphatic carbocycles. The fraction of sp³-hybridized carbons (Fsp3) is 0. The number of hydrogen-bond donors (Lipinski definition) is 0. The first-order valence-electron chi connectivity index (χ1n) is 40.5. The number of hydrogen-bond acceptors (Lipinski definition) is 8. The highest BCUT2D eigenvalue weighted by Crippen LogP contribution is 2.50. The van der Waals surface area contributed by atoms with Crippen molar-refractivity contribution in [1.82, 2.24) is 19.1 Å². The Morgan fingerprint density at radius 3 is 1.11 bits per heavy atom. The summed E-state index contributed by atoms with van der Waals surface area (Å²) in [6, 6.07) is 146. The smallest absolute Gasteiger partial charge is 0.227 e. The predicted octanol–water partition coefficient (Wildman–Crippen LogP) is 30.6. The van der Waals surface area contributed by atoms with Gasteiger partial charge in [-0.3, -0.25) is 0 Å². The Morgan fingerprint density at radius 1 is 0.200 bits per heavy atom. The maximum Gasteiger partial charge on any atom is 0.227 e. The van der Waals surface area contributed by atoms with Crippen molar-refractivity contribution in [1.29, 1.82) is 0 Å². The lowest BCUT2D eigenvalue weighted by molar-refractivity contribution is 0.619. The molecule has 0 radical (unpaired) electrons. The van der Waals surface area contributed by atoms with E-state index in [0.29, 0.717) is 22.9 Å². The quantitative estimate of drug-likeness (QED) is 0.100. The van der Waals surface area contributed by atoms with Gasteiger partial charge in [0.25, 0.3) is 0 Å². The second kappa shape index (κ2) is 27.7. The zero-order valence-corrected chi connectivity index (χ0v) is 64.6. The number of aromatic nitrogens is 4. The van der Waals surface area contributed by atoms with Gasteiger partial charge < -0.3 is 36.6 Å². The van der Waals surface area contributed by atoms with E-state index in [4.69, 9.17) is 27.6 Å². The van der Waals surface area contributed by atoms with E-state index in [9.17, 15) is 0 Å². The summed E-state index contributed by atoms with van der Waals surface area (Å²) in [5, 5.41) is 8.51. The van der Waals surface area contributed by atoms with Crippen LogP contribution in [0.2, 0.25) is 0 Å². The Hall–Kier alpha value is -16.3. The fourth-order valence-corrected chi connectivity index (χ4v) is 18.2.